The summed E-state index contributed by atoms with van der Waals surface area (Å²) in [6, 6.07) is 9.18. The molecule has 0 aliphatic carbocycles. The number of benzene rings is 2. The number of nitrogens with one attached hydrogen (secondary N) is 1. The third kappa shape index (κ3) is 6.04. The molecule has 6 heterocycles. The van der Waals surface area contributed by atoms with Gasteiger partial charge in [0.1, 0.15) is 29.3 Å². The molecule has 4 aliphatic heterocycles. The fourth-order valence-electron chi connectivity index (χ4n) is 8.18. The van der Waals surface area contributed by atoms with E-state index in [1.807, 2.05) is 24.8 Å². The molecule has 8 nitrogen and oxygen atoms in total. The van der Waals surface area contributed by atoms with Crippen molar-refractivity contribution in [3.8, 4) is 23.2 Å². The molecule has 2 atom stereocenters. The molecule has 2 aromatic heterocycles. The molecule has 0 spiro atoms. The first-order valence-corrected chi connectivity index (χ1v) is 17.3. The van der Waals surface area contributed by atoms with Crippen LogP contribution in [0.15, 0.2) is 30.4 Å². The minimum atomic E-state index is -1.76. The Kier molecular flexibility index (Phi) is 9.88. The maximum Gasteiger partial charge on any atom is 0.316 e. The minimum absolute atomic E-state index is 0. The van der Waals surface area contributed by atoms with Crippen molar-refractivity contribution in [3.63, 3.8) is 0 Å². The van der Waals surface area contributed by atoms with Crippen LogP contribution >= 0.6 is 11.3 Å². The smallest absolute Gasteiger partial charge is 0.316 e. The van der Waals surface area contributed by atoms with Crippen LogP contribution in [0.5, 0.6) is 6.01 Å². The summed E-state index contributed by atoms with van der Waals surface area (Å²) in [5, 5.41) is 13.8. The van der Waals surface area contributed by atoms with Crippen molar-refractivity contribution in [3.05, 3.63) is 53.6 Å². The Morgan fingerprint density at radius 1 is 1.20 bits per heavy atom. The number of nitrogens with zero attached hydrogens (tertiary/aromatic N) is 5. The molecular formula is C35H36CrF4N7OS-. The zero-order chi connectivity index (χ0) is 33.8. The number of nitrogen functional groups attached to an aromatic ring is 1. The Morgan fingerprint density at radius 2 is 1.96 bits per heavy atom. The predicted octanol–water partition coefficient (Wildman–Crippen LogP) is 7.17. The van der Waals surface area contributed by atoms with Gasteiger partial charge in [0, 0.05) is 48.1 Å². The minimum Gasteiger partial charge on any atom is -0.461 e. The number of thiophene rings is 1. The Hall–Kier alpha value is -3.46. The Bertz CT molecular complexity index is 1970. The van der Waals surface area contributed by atoms with E-state index in [0.29, 0.717) is 37.2 Å². The summed E-state index contributed by atoms with van der Waals surface area (Å²) >= 11 is 0.931. The van der Waals surface area contributed by atoms with Gasteiger partial charge in [0.05, 0.1) is 27.2 Å². The molecule has 3 N–H and O–H groups in total. The second kappa shape index (κ2) is 13.7. The molecule has 4 saturated heterocycles. The average Bonchev–Trinajstić information content (AvgIpc) is 3.82. The second-order valence-corrected chi connectivity index (χ2v) is 13.9. The molecule has 2 bridgehead atoms. The van der Waals surface area contributed by atoms with Crippen LogP contribution in [0.3, 0.4) is 0 Å². The van der Waals surface area contributed by atoms with Crippen LogP contribution in [0.25, 0.3) is 32.1 Å². The Balaban J connectivity index is 0.00000136. The van der Waals surface area contributed by atoms with Gasteiger partial charge in [0.2, 0.25) is 0 Å². The van der Waals surface area contributed by atoms with Crippen molar-refractivity contribution in [1.82, 2.24) is 20.2 Å². The second-order valence-electron chi connectivity index (χ2n) is 12.9. The van der Waals surface area contributed by atoms with Crippen LogP contribution in [0.1, 0.15) is 57.9 Å². The van der Waals surface area contributed by atoms with Gasteiger partial charge in [-0.05, 0) is 68.5 Å². The van der Waals surface area contributed by atoms with E-state index >= 15 is 4.39 Å². The Labute approximate surface area is 297 Å². The van der Waals surface area contributed by atoms with Crippen molar-refractivity contribution in [1.29, 1.82) is 5.26 Å². The van der Waals surface area contributed by atoms with E-state index in [9.17, 15) is 18.4 Å². The normalized spacial score (nSPS) is 22.3. The number of ether oxygens (including phenoxy) is 1. The van der Waals surface area contributed by atoms with E-state index in [1.165, 1.54) is 12.1 Å². The molecule has 258 valence electrons. The molecule has 0 saturated carbocycles. The number of fused-ring (bicyclic) bond motifs is 5. The van der Waals surface area contributed by atoms with E-state index < -0.39 is 23.3 Å². The number of anilines is 2. The van der Waals surface area contributed by atoms with Crippen molar-refractivity contribution < 1.29 is 39.7 Å². The number of nitrogens with two attached hydrogens (primary N) is 1. The van der Waals surface area contributed by atoms with Gasteiger partial charge in [-0.15, -0.1) is 29.0 Å². The topological polar surface area (TPSA) is 103 Å². The molecular weight excluding hydrogens is 694 g/mol. The number of rotatable bonds is 6. The largest absolute Gasteiger partial charge is 0.461 e. The summed E-state index contributed by atoms with van der Waals surface area (Å²) in [6.07, 6.45) is 4.60. The maximum atomic E-state index is 16.8. The summed E-state index contributed by atoms with van der Waals surface area (Å²) in [5.41, 5.74) is 5.29. The third-order valence-corrected chi connectivity index (χ3v) is 11.2. The molecule has 14 heteroatoms. The van der Waals surface area contributed by atoms with Crippen molar-refractivity contribution in [2.45, 2.75) is 69.5 Å². The summed E-state index contributed by atoms with van der Waals surface area (Å²) in [6.45, 7) is 7.05. The number of piperazine rings is 1. The van der Waals surface area contributed by atoms with Crippen LogP contribution in [-0.2, 0) is 17.4 Å². The van der Waals surface area contributed by atoms with E-state index in [4.69, 9.17) is 15.5 Å². The van der Waals surface area contributed by atoms with Crippen LogP contribution in [-0.4, -0.2) is 64.8 Å². The quantitative estimate of drug-likeness (QED) is 0.159. The van der Waals surface area contributed by atoms with Gasteiger partial charge < -0.3 is 20.7 Å². The SMILES string of the molecule is CC.N#Cc1c(N)sc2c(F)ccc(-c3[c-]cc4c(N5CC6CC[C@@](C=C(F)F)(C5)N6)nc(OCC56CCCN5CCC6)nc4c3F)c12.[Cr]. The zero-order valence-corrected chi connectivity index (χ0v) is 29.3. The molecule has 4 fully saturated rings. The Morgan fingerprint density at radius 3 is 2.67 bits per heavy atom. The van der Waals surface area contributed by atoms with E-state index in [1.54, 1.807) is 6.07 Å². The molecule has 1 unspecified atom stereocenters. The molecule has 2 aromatic carbocycles. The molecule has 0 radical (unpaired) electrons. The monoisotopic (exact) mass is 730 g/mol. The van der Waals surface area contributed by atoms with E-state index in [0.717, 1.165) is 56.2 Å². The molecule has 4 aromatic rings. The van der Waals surface area contributed by atoms with Gasteiger partial charge in [-0.2, -0.15) is 19.0 Å². The van der Waals surface area contributed by atoms with Gasteiger partial charge >= 0.3 is 6.01 Å². The van der Waals surface area contributed by atoms with Crippen molar-refractivity contribution in [2.24, 2.45) is 0 Å². The summed E-state index contributed by atoms with van der Waals surface area (Å²) in [7, 11) is 0. The molecule has 8 rings (SSSR count). The van der Waals surface area contributed by atoms with Gasteiger partial charge in [0.15, 0.2) is 0 Å². The number of aromatic nitrogens is 2. The predicted molar refractivity (Wildman–Crippen MR) is 179 cm³/mol. The standard InChI is InChI=1S/C33H30F4N7OS.C2H6.Cr/c34-23-6-5-19(25-22(14-38)29(39)46-28(23)25)20-3-4-21-27(26(20)37)40-31(45-17-33-8-1-11-44(33)12-2-9-33)41-30(21)43-15-18-7-10-32(16-43,42-18)13-24(35)36;1-2;/h4-6,13,18,42H,1-2,7-12,15-17,39H2;1-2H3;/q-1;;/t18?,32-;;/m1../s1. The maximum absolute atomic E-state index is 16.8. The number of nitriles is 1. The van der Waals surface area contributed by atoms with Crippen molar-refractivity contribution in [2.75, 3.05) is 43.4 Å². The first-order valence-electron chi connectivity index (χ1n) is 16.5. The fourth-order valence-corrected chi connectivity index (χ4v) is 9.13. The fraction of sp³-hybridized carbons (Fsp3) is 0.457. The van der Waals surface area contributed by atoms with E-state index in [-0.39, 0.29) is 78.8 Å². The summed E-state index contributed by atoms with van der Waals surface area (Å²) in [5.74, 6) is -0.926. The number of hydrogen-bond donors (Lipinski definition) is 2. The van der Waals surface area contributed by atoms with Crippen LogP contribution < -0.4 is 20.7 Å². The van der Waals surface area contributed by atoms with Gasteiger partial charge in [0.25, 0.3) is 6.08 Å². The summed E-state index contributed by atoms with van der Waals surface area (Å²) in [4.78, 5) is 13.7. The third-order valence-electron chi connectivity index (χ3n) is 10.2. The van der Waals surface area contributed by atoms with Crippen molar-refractivity contribution >= 4 is 43.1 Å². The zero-order valence-electron chi connectivity index (χ0n) is 27.2. The molecule has 49 heavy (non-hydrogen) atoms. The van der Waals surface area contributed by atoms with Crippen LogP contribution in [0, 0.1) is 29.0 Å². The molecule has 0 amide bonds. The first-order chi connectivity index (χ1) is 23.2. The van der Waals surface area contributed by atoms with Gasteiger partial charge in [-0.25, -0.2) is 9.37 Å². The van der Waals surface area contributed by atoms with E-state index in [2.05, 4.69) is 21.3 Å². The van der Waals surface area contributed by atoms with Crippen LogP contribution in [0.4, 0.5) is 28.4 Å². The summed E-state index contributed by atoms with van der Waals surface area (Å²) < 4.78 is 65.2. The first kappa shape index (κ1) is 35.4. The van der Waals surface area contributed by atoms with Gasteiger partial charge in [-0.3, -0.25) is 9.29 Å². The molecule has 4 aliphatic rings. The number of halogens is 4. The van der Waals surface area contributed by atoms with Gasteiger partial charge in [-0.1, -0.05) is 25.5 Å². The number of hydrogen-bond acceptors (Lipinski definition) is 9. The average molecular weight is 731 g/mol. The van der Waals surface area contributed by atoms with Crippen LogP contribution in [0.2, 0.25) is 0 Å².